The fraction of sp³-hybridized carbons (Fsp3) is 0.600. The molecule has 0 amide bonds. The molecule has 3 unspecified atom stereocenters. The number of rotatable bonds is 11. The van der Waals surface area contributed by atoms with Crippen molar-refractivity contribution in [1.29, 1.82) is 0 Å². The van der Waals surface area contributed by atoms with Gasteiger partial charge >= 0.3 is 0 Å². The Hall–Kier alpha value is -2.14. The summed E-state index contributed by atoms with van der Waals surface area (Å²) in [5, 5.41) is 10.7. The number of hydrogen-bond donors (Lipinski definition) is 1. The Kier molecular flexibility index (Phi) is 10.8. The summed E-state index contributed by atoms with van der Waals surface area (Å²) < 4.78 is 10.4. The molecule has 0 bridgehead atoms. The Morgan fingerprint density at radius 2 is 1.53 bits per heavy atom. The lowest BCUT2D eigenvalue weighted by atomic mass is 9.77. The molecule has 1 N–H and O–H groups in total. The topological polar surface area (TPSA) is 72.8 Å². The van der Waals surface area contributed by atoms with Crippen molar-refractivity contribution in [2.24, 2.45) is 11.8 Å². The van der Waals surface area contributed by atoms with E-state index in [9.17, 15) is 14.7 Å². The van der Waals surface area contributed by atoms with E-state index in [4.69, 9.17) is 9.47 Å². The van der Waals surface area contributed by atoms with Gasteiger partial charge in [-0.25, -0.2) is 0 Å². The first-order chi connectivity index (χ1) is 14.1. The van der Waals surface area contributed by atoms with Crippen LogP contribution in [0.5, 0.6) is 0 Å². The van der Waals surface area contributed by atoms with Crippen molar-refractivity contribution in [3.8, 4) is 0 Å². The van der Waals surface area contributed by atoms with Gasteiger partial charge in [0.05, 0.1) is 14.2 Å². The fourth-order valence-corrected chi connectivity index (χ4v) is 3.62. The van der Waals surface area contributed by atoms with Gasteiger partial charge in [-0.15, -0.1) is 0 Å². The number of allylic oxidation sites excluding steroid dienone is 7. The van der Waals surface area contributed by atoms with Crippen LogP contribution in [0.3, 0.4) is 0 Å². The van der Waals surface area contributed by atoms with Gasteiger partial charge in [0.15, 0.2) is 11.5 Å². The maximum atomic E-state index is 12.5. The maximum Gasteiger partial charge on any atom is 0.204 e. The molecule has 0 radical (unpaired) electrons. The van der Waals surface area contributed by atoms with Gasteiger partial charge < -0.3 is 14.6 Å². The second-order valence-corrected chi connectivity index (χ2v) is 8.22. The maximum absolute atomic E-state index is 12.5. The molecule has 30 heavy (non-hydrogen) atoms. The van der Waals surface area contributed by atoms with E-state index >= 15 is 0 Å². The molecule has 168 valence electrons. The lowest BCUT2D eigenvalue weighted by Gasteiger charge is -2.33. The summed E-state index contributed by atoms with van der Waals surface area (Å²) in [6.45, 7) is 9.48. The third kappa shape index (κ3) is 7.28. The van der Waals surface area contributed by atoms with E-state index in [-0.39, 0.29) is 34.9 Å². The van der Waals surface area contributed by atoms with Crippen LogP contribution in [-0.4, -0.2) is 37.0 Å². The van der Waals surface area contributed by atoms with E-state index in [0.717, 1.165) is 31.3 Å². The lowest BCUT2D eigenvalue weighted by Crippen LogP contribution is -2.40. The average molecular weight is 419 g/mol. The Morgan fingerprint density at radius 3 is 2.07 bits per heavy atom. The highest BCUT2D eigenvalue weighted by molar-refractivity contribution is 5.97. The zero-order valence-corrected chi connectivity index (χ0v) is 19.6. The van der Waals surface area contributed by atoms with Crippen molar-refractivity contribution in [3.63, 3.8) is 0 Å². The summed E-state index contributed by atoms with van der Waals surface area (Å²) in [5.74, 6) is -0.194. The summed E-state index contributed by atoms with van der Waals surface area (Å²) in [6, 6.07) is 0. The van der Waals surface area contributed by atoms with E-state index in [1.165, 1.54) is 25.4 Å². The molecule has 5 heteroatoms. The van der Waals surface area contributed by atoms with Gasteiger partial charge in [-0.3, -0.25) is 9.59 Å². The van der Waals surface area contributed by atoms with Crippen molar-refractivity contribution >= 4 is 11.6 Å². The zero-order chi connectivity index (χ0) is 22.8. The number of ketones is 2. The highest BCUT2D eigenvalue weighted by atomic mass is 16.5. The first kappa shape index (κ1) is 25.9. The molecule has 5 nitrogen and oxygen atoms in total. The van der Waals surface area contributed by atoms with Crippen LogP contribution >= 0.6 is 0 Å². The number of carbonyl (C=O) groups excluding carboxylic acids is 2. The second-order valence-electron chi connectivity index (χ2n) is 8.22. The smallest absolute Gasteiger partial charge is 0.204 e. The molecule has 0 aliphatic heterocycles. The average Bonchev–Trinajstić information content (AvgIpc) is 2.70. The molecular formula is C25H38O5. The van der Waals surface area contributed by atoms with Crippen LogP contribution in [0.4, 0.5) is 0 Å². The van der Waals surface area contributed by atoms with Gasteiger partial charge in [0.1, 0.15) is 6.10 Å². The third-order valence-electron chi connectivity index (χ3n) is 5.92. The predicted octanol–water partition coefficient (Wildman–Crippen LogP) is 5.07. The van der Waals surface area contributed by atoms with Crippen molar-refractivity contribution in [1.82, 2.24) is 0 Å². The predicted molar refractivity (Wildman–Crippen MR) is 120 cm³/mol. The van der Waals surface area contributed by atoms with Crippen LogP contribution < -0.4 is 0 Å². The number of Topliss-reactive ketones (excluding diaryl/α,β-unsaturated/α-hetero) is 2. The molecule has 0 heterocycles. The Balaban J connectivity index is 2.61. The summed E-state index contributed by atoms with van der Waals surface area (Å²) in [7, 11) is 2.87. The highest BCUT2D eigenvalue weighted by Crippen LogP contribution is 2.35. The molecule has 0 aromatic heterocycles. The van der Waals surface area contributed by atoms with Gasteiger partial charge in [-0.2, -0.15) is 0 Å². The molecule has 1 aliphatic carbocycles. The third-order valence-corrected chi connectivity index (χ3v) is 5.92. The standard InChI is InChI=1S/C25H38O5/c1-16(12-9-13-18(3)20(5)26)10-8-11-17(2)14-15-21-19(4)22(27)24(29-6)25(30-7)23(21)28/h10,13-14,19,21,23,28H,8-9,11-12,15H2,1-7H3/b16-10+,17-14+,18-13+. The quantitative estimate of drug-likeness (QED) is 0.375. The Morgan fingerprint density at radius 1 is 0.967 bits per heavy atom. The molecule has 0 saturated heterocycles. The minimum absolute atomic E-state index is 0.122. The summed E-state index contributed by atoms with van der Waals surface area (Å²) in [6.07, 6.45) is 9.83. The normalized spacial score (nSPS) is 23.7. The summed E-state index contributed by atoms with van der Waals surface area (Å²) >= 11 is 0. The van der Waals surface area contributed by atoms with E-state index in [0.29, 0.717) is 6.42 Å². The van der Waals surface area contributed by atoms with Crippen LogP contribution in [-0.2, 0) is 19.1 Å². The van der Waals surface area contributed by atoms with Crippen molar-refractivity contribution in [2.75, 3.05) is 14.2 Å². The summed E-state index contributed by atoms with van der Waals surface area (Å²) in [4.78, 5) is 23.7. The van der Waals surface area contributed by atoms with E-state index in [2.05, 4.69) is 26.0 Å². The first-order valence-corrected chi connectivity index (χ1v) is 10.7. The minimum atomic E-state index is -0.852. The van der Waals surface area contributed by atoms with Gasteiger partial charge in [0, 0.05) is 11.8 Å². The first-order valence-electron chi connectivity index (χ1n) is 10.7. The number of methoxy groups -OCH3 is 2. The number of carbonyl (C=O) groups is 2. The van der Waals surface area contributed by atoms with Crippen molar-refractivity contribution < 1.29 is 24.2 Å². The molecule has 3 atom stereocenters. The molecular weight excluding hydrogens is 380 g/mol. The van der Waals surface area contributed by atoms with Crippen LogP contribution in [0.1, 0.15) is 66.7 Å². The van der Waals surface area contributed by atoms with Gasteiger partial charge in [0.25, 0.3) is 0 Å². The van der Waals surface area contributed by atoms with Crippen LogP contribution in [0.25, 0.3) is 0 Å². The number of aliphatic hydroxyl groups excluding tert-OH is 1. The zero-order valence-electron chi connectivity index (χ0n) is 19.6. The minimum Gasteiger partial charge on any atom is -0.494 e. The van der Waals surface area contributed by atoms with E-state index in [1.807, 2.05) is 19.9 Å². The van der Waals surface area contributed by atoms with Gasteiger partial charge in [0.2, 0.25) is 11.5 Å². The molecule has 1 aliphatic rings. The van der Waals surface area contributed by atoms with Crippen molar-refractivity contribution in [3.05, 3.63) is 46.5 Å². The van der Waals surface area contributed by atoms with Crippen molar-refractivity contribution in [2.45, 2.75) is 72.8 Å². The van der Waals surface area contributed by atoms with Crippen LogP contribution in [0.2, 0.25) is 0 Å². The van der Waals surface area contributed by atoms with Gasteiger partial charge in [-0.05, 0) is 65.4 Å². The monoisotopic (exact) mass is 418 g/mol. The van der Waals surface area contributed by atoms with Gasteiger partial charge in [-0.1, -0.05) is 36.3 Å². The molecule has 0 saturated carbocycles. The second kappa shape index (κ2) is 12.5. The molecule has 0 fully saturated rings. The number of hydrogen-bond acceptors (Lipinski definition) is 5. The number of ether oxygens (including phenoxy) is 2. The molecule has 1 rings (SSSR count). The fourth-order valence-electron chi connectivity index (χ4n) is 3.62. The van der Waals surface area contributed by atoms with E-state index in [1.54, 1.807) is 6.92 Å². The number of aliphatic hydroxyl groups is 1. The van der Waals surface area contributed by atoms with Crippen LogP contribution in [0, 0.1) is 11.8 Å². The summed E-state index contributed by atoms with van der Waals surface area (Å²) in [5.41, 5.74) is 3.38. The molecule has 0 aromatic rings. The Labute approximate surface area is 181 Å². The largest absolute Gasteiger partial charge is 0.494 e. The van der Waals surface area contributed by atoms with Crippen LogP contribution in [0.15, 0.2) is 46.5 Å². The molecule has 0 spiro atoms. The van der Waals surface area contributed by atoms with E-state index < -0.39 is 6.10 Å². The highest BCUT2D eigenvalue weighted by Gasteiger charge is 2.42. The molecule has 0 aromatic carbocycles. The Bertz CT molecular complexity index is 739. The SMILES string of the molecule is COC1=C(OC)C(O)C(C/C=C(\C)CC/C=C(\C)CC/C=C(\C)C(C)=O)C(C)C1=O. The lowest BCUT2D eigenvalue weighted by molar-refractivity contribution is -0.128.